The van der Waals surface area contributed by atoms with E-state index in [4.69, 9.17) is 19.5 Å². The van der Waals surface area contributed by atoms with Crippen molar-refractivity contribution < 1.29 is 33.1 Å². The third-order valence-electron chi connectivity index (χ3n) is 2.96. The zero-order chi connectivity index (χ0) is 14.5. The summed E-state index contributed by atoms with van der Waals surface area (Å²) in [4.78, 5) is 23.9. The van der Waals surface area contributed by atoms with Gasteiger partial charge in [-0.05, 0) is 0 Å². The number of aliphatic hydroxyl groups excluding tert-OH is 1. The fourth-order valence-electron chi connectivity index (χ4n) is 2.15. The predicted molar refractivity (Wildman–Crippen MR) is 59.1 cm³/mol. The minimum atomic E-state index is -4.19. The number of nitrogens with two attached hydrogens (primary N) is 1. The van der Waals surface area contributed by atoms with Gasteiger partial charge < -0.3 is 20.5 Å². The standard InChI is InChI=1S/C8H11N4O7P/c9-6(14)7-10-2-12(11-7)8-5-4(3(1-13)17-8)18-20(15,16)19-5/h2-5,8,13H,1H2,(H2,9,14)(H,15,16)/t3-,4-,5-,8-/m1/s1. The number of ether oxygens (including phenoxy) is 1. The van der Waals surface area contributed by atoms with E-state index in [1.54, 1.807) is 0 Å². The van der Waals surface area contributed by atoms with Crippen molar-refractivity contribution >= 4 is 13.7 Å². The molecule has 4 N–H and O–H groups in total. The van der Waals surface area contributed by atoms with Gasteiger partial charge in [-0.1, -0.05) is 0 Å². The molecule has 1 unspecified atom stereocenters. The van der Waals surface area contributed by atoms with Crippen LogP contribution < -0.4 is 5.73 Å². The number of hydrogen-bond donors (Lipinski definition) is 3. The van der Waals surface area contributed by atoms with E-state index in [1.807, 2.05) is 0 Å². The molecular formula is C8H11N4O7P. The first kappa shape index (κ1) is 13.6. The van der Waals surface area contributed by atoms with E-state index in [1.165, 1.54) is 6.33 Å². The molecule has 0 aromatic carbocycles. The van der Waals surface area contributed by atoms with Crippen LogP contribution in [-0.4, -0.2) is 55.6 Å². The van der Waals surface area contributed by atoms with Crippen molar-refractivity contribution in [3.05, 3.63) is 12.2 Å². The number of fused-ring (bicyclic) bond motifs is 1. The van der Waals surface area contributed by atoms with Crippen LogP contribution in [0.1, 0.15) is 16.8 Å². The van der Waals surface area contributed by atoms with Gasteiger partial charge in [0.1, 0.15) is 24.6 Å². The second-order valence-electron chi connectivity index (χ2n) is 4.27. The molecule has 2 aliphatic rings. The van der Waals surface area contributed by atoms with Gasteiger partial charge in [0, 0.05) is 0 Å². The lowest BCUT2D eigenvalue weighted by Gasteiger charge is -2.16. The third kappa shape index (κ3) is 2.14. The van der Waals surface area contributed by atoms with Crippen LogP contribution in [0.3, 0.4) is 0 Å². The van der Waals surface area contributed by atoms with Crippen molar-refractivity contribution in [3.8, 4) is 0 Å². The van der Waals surface area contributed by atoms with E-state index < -0.39 is 44.9 Å². The van der Waals surface area contributed by atoms with Crippen LogP contribution >= 0.6 is 7.82 Å². The smallest absolute Gasteiger partial charge is 0.394 e. The van der Waals surface area contributed by atoms with Gasteiger partial charge in [0.15, 0.2) is 6.23 Å². The minimum absolute atomic E-state index is 0.233. The first-order valence-corrected chi connectivity index (χ1v) is 7.08. The Morgan fingerprint density at radius 3 is 2.80 bits per heavy atom. The average molecular weight is 306 g/mol. The van der Waals surface area contributed by atoms with Gasteiger partial charge in [-0.15, -0.1) is 5.10 Å². The summed E-state index contributed by atoms with van der Waals surface area (Å²) >= 11 is 0. The van der Waals surface area contributed by atoms with E-state index in [9.17, 15) is 19.4 Å². The van der Waals surface area contributed by atoms with E-state index >= 15 is 0 Å². The maximum absolute atomic E-state index is 11.4. The summed E-state index contributed by atoms with van der Waals surface area (Å²) in [6.07, 6.45) is -2.51. The number of nitrogens with zero attached hydrogens (tertiary/aromatic N) is 3. The molecule has 3 rings (SSSR count). The van der Waals surface area contributed by atoms with Gasteiger partial charge in [-0.2, -0.15) is 0 Å². The molecule has 2 saturated heterocycles. The van der Waals surface area contributed by atoms with Crippen molar-refractivity contribution in [1.29, 1.82) is 0 Å². The Bertz CT molecular complexity index is 591. The van der Waals surface area contributed by atoms with Gasteiger partial charge in [-0.3, -0.25) is 13.8 Å². The number of carbonyl (C=O) groups is 1. The van der Waals surface area contributed by atoms with E-state index in [0.29, 0.717) is 0 Å². The second-order valence-corrected chi connectivity index (χ2v) is 5.63. The van der Waals surface area contributed by atoms with Gasteiger partial charge in [-0.25, -0.2) is 14.2 Å². The minimum Gasteiger partial charge on any atom is -0.394 e. The maximum atomic E-state index is 11.4. The highest BCUT2D eigenvalue weighted by atomic mass is 31.2. The molecule has 3 heterocycles. The SMILES string of the molecule is NC(=O)c1ncn([C@@H]2O[C@H](CO)[C@H]3OP(=O)(O)O[C@H]32)n1. The van der Waals surface area contributed by atoms with Crippen molar-refractivity contribution in [2.75, 3.05) is 6.61 Å². The number of amides is 1. The van der Waals surface area contributed by atoms with Gasteiger partial charge in [0.2, 0.25) is 5.82 Å². The summed E-state index contributed by atoms with van der Waals surface area (Å²) in [7, 11) is -4.19. The van der Waals surface area contributed by atoms with Crippen molar-refractivity contribution in [2.45, 2.75) is 24.5 Å². The third-order valence-corrected chi connectivity index (χ3v) is 3.98. The highest BCUT2D eigenvalue weighted by Gasteiger charge is 2.57. The molecule has 0 radical (unpaired) electrons. The van der Waals surface area contributed by atoms with Crippen LogP contribution in [0.5, 0.6) is 0 Å². The Balaban J connectivity index is 1.89. The fourth-order valence-corrected chi connectivity index (χ4v) is 3.30. The molecule has 1 aromatic heterocycles. The Morgan fingerprint density at radius 1 is 1.50 bits per heavy atom. The van der Waals surface area contributed by atoms with Crippen molar-refractivity contribution in [2.24, 2.45) is 5.73 Å². The highest BCUT2D eigenvalue weighted by Crippen LogP contribution is 2.58. The summed E-state index contributed by atoms with van der Waals surface area (Å²) < 4.78 is 27.7. The number of phosphoric acid groups is 1. The number of aromatic nitrogens is 3. The summed E-state index contributed by atoms with van der Waals surface area (Å²) in [5, 5.41) is 13.0. The molecule has 11 nitrogen and oxygen atoms in total. The van der Waals surface area contributed by atoms with E-state index in [0.717, 1.165) is 4.68 Å². The van der Waals surface area contributed by atoms with Crippen LogP contribution in [0.2, 0.25) is 0 Å². The van der Waals surface area contributed by atoms with Gasteiger partial charge in [0.05, 0.1) is 6.61 Å². The van der Waals surface area contributed by atoms with Gasteiger partial charge >= 0.3 is 7.82 Å². The number of primary amides is 1. The molecule has 110 valence electrons. The molecule has 0 spiro atoms. The number of phosphoric ester groups is 1. The number of hydrogen-bond acceptors (Lipinski definition) is 8. The molecule has 2 fully saturated rings. The summed E-state index contributed by atoms with van der Waals surface area (Å²) in [5.74, 6) is -1.06. The molecular weight excluding hydrogens is 295 g/mol. The maximum Gasteiger partial charge on any atom is 0.473 e. The van der Waals surface area contributed by atoms with Crippen LogP contribution in [0.15, 0.2) is 6.33 Å². The number of aliphatic hydroxyl groups is 1. The highest BCUT2D eigenvalue weighted by molar-refractivity contribution is 7.47. The van der Waals surface area contributed by atoms with Crippen molar-refractivity contribution in [1.82, 2.24) is 14.8 Å². The normalized spacial score (nSPS) is 39.9. The largest absolute Gasteiger partial charge is 0.473 e. The molecule has 5 atom stereocenters. The zero-order valence-corrected chi connectivity index (χ0v) is 10.8. The molecule has 1 amide bonds. The lowest BCUT2D eigenvalue weighted by Crippen LogP contribution is -2.30. The Labute approximate surface area is 111 Å². The Hall–Kier alpha value is -1.36. The molecule has 2 aliphatic heterocycles. The lowest BCUT2D eigenvalue weighted by molar-refractivity contribution is -0.0658. The van der Waals surface area contributed by atoms with Crippen LogP contribution in [0, 0.1) is 0 Å². The molecule has 0 saturated carbocycles. The van der Waals surface area contributed by atoms with Crippen molar-refractivity contribution in [3.63, 3.8) is 0 Å². The van der Waals surface area contributed by atoms with Crippen LogP contribution in [0.4, 0.5) is 0 Å². The topological polar surface area (TPSA) is 159 Å². The predicted octanol–water partition coefficient (Wildman–Crippen LogP) is -1.85. The number of rotatable bonds is 3. The quantitative estimate of drug-likeness (QED) is 0.545. The molecule has 0 aliphatic carbocycles. The summed E-state index contributed by atoms with van der Waals surface area (Å²) in [6, 6.07) is 0. The fraction of sp³-hybridized carbons (Fsp3) is 0.625. The van der Waals surface area contributed by atoms with Gasteiger partial charge in [0.25, 0.3) is 5.91 Å². The summed E-state index contributed by atoms with van der Waals surface area (Å²) in [6.45, 7) is -0.432. The second kappa shape index (κ2) is 4.58. The Kier molecular flexibility index (Phi) is 3.12. The van der Waals surface area contributed by atoms with E-state index in [2.05, 4.69) is 10.1 Å². The molecule has 12 heteroatoms. The Morgan fingerprint density at radius 2 is 2.20 bits per heavy atom. The monoisotopic (exact) mass is 306 g/mol. The molecule has 1 aromatic rings. The van der Waals surface area contributed by atoms with Crippen LogP contribution in [-0.2, 0) is 18.3 Å². The first-order valence-electron chi connectivity index (χ1n) is 5.58. The average Bonchev–Trinajstić information content (AvgIpc) is 3.01. The summed E-state index contributed by atoms with van der Waals surface area (Å²) in [5.41, 5.74) is 5.03. The molecule has 0 bridgehead atoms. The van der Waals surface area contributed by atoms with E-state index in [-0.39, 0.29) is 5.82 Å². The zero-order valence-electron chi connectivity index (χ0n) is 9.90. The number of carbonyl (C=O) groups excluding carboxylic acids is 1. The van der Waals surface area contributed by atoms with Crippen LogP contribution in [0.25, 0.3) is 0 Å². The molecule has 20 heavy (non-hydrogen) atoms. The first-order chi connectivity index (χ1) is 9.41. The lowest BCUT2D eigenvalue weighted by atomic mass is 10.1.